The van der Waals surface area contributed by atoms with E-state index < -0.39 is 0 Å². The molecule has 0 aromatic rings. The summed E-state index contributed by atoms with van der Waals surface area (Å²) in [4.78, 5) is 16.8. The summed E-state index contributed by atoms with van der Waals surface area (Å²) in [5.41, 5.74) is 0. The van der Waals surface area contributed by atoms with Gasteiger partial charge in [-0.15, -0.1) is 0 Å². The van der Waals surface area contributed by atoms with Crippen molar-refractivity contribution in [1.29, 1.82) is 0 Å². The molecule has 0 saturated heterocycles. The van der Waals surface area contributed by atoms with E-state index in [0.717, 1.165) is 18.9 Å². The van der Waals surface area contributed by atoms with Crippen molar-refractivity contribution in [2.75, 3.05) is 19.6 Å². The summed E-state index contributed by atoms with van der Waals surface area (Å²) in [6, 6.07) is 0. The van der Waals surface area contributed by atoms with Crippen LogP contribution in [0.3, 0.4) is 0 Å². The molecule has 0 aliphatic carbocycles. The van der Waals surface area contributed by atoms with Gasteiger partial charge in [-0.2, -0.15) is 0 Å². The van der Waals surface area contributed by atoms with Crippen LogP contribution in [0.25, 0.3) is 0 Å². The number of carbonyl (C=O) groups excluding carboxylic acids is 1. The van der Waals surface area contributed by atoms with E-state index in [-0.39, 0.29) is 5.78 Å². The third-order valence-corrected chi connectivity index (χ3v) is 1.58. The maximum absolute atomic E-state index is 10.6. The molecule has 0 N–H and O–H groups in total. The van der Waals surface area contributed by atoms with Crippen molar-refractivity contribution < 1.29 is 4.79 Å². The molecule has 1 rings (SSSR count). The molecular formula is C7H12N2O. The van der Waals surface area contributed by atoms with Gasteiger partial charge in [-0.05, 0) is 13.8 Å². The molecule has 1 heterocycles. The summed E-state index contributed by atoms with van der Waals surface area (Å²) in [6.45, 7) is 5.82. The normalized spacial score (nSPS) is 17.4. The lowest BCUT2D eigenvalue weighted by Crippen LogP contribution is -2.30. The number of Topliss-reactive ketones (excluding diaryl/α,β-unsaturated/α-hetero) is 1. The van der Waals surface area contributed by atoms with Crippen molar-refractivity contribution in [3.05, 3.63) is 0 Å². The predicted molar refractivity (Wildman–Crippen MR) is 40.2 cm³/mol. The summed E-state index contributed by atoms with van der Waals surface area (Å²) in [7, 11) is 0. The van der Waals surface area contributed by atoms with E-state index in [9.17, 15) is 4.79 Å². The van der Waals surface area contributed by atoms with Gasteiger partial charge in [-0.3, -0.25) is 9.79 Å². The second kappa shape index (κ2) is 2.82. The van der Waals surface area contributed by atoms with E-state index >= 15 is 0 Å². The lowest BCUT2D eigenvalue weighted by Gasteiger charge is -2.14. The Morgan fingerprint density at radius 3 is 2.90 bits per heavy atom. The minimum atomic E-state index is 0.205. The first-order valence-corrected chi connectivity index (χ1v) is 3.45. The highest BCUT2D eigenvalue weighted by Gasteiger charge is 2.12. The molecule has 3 nitrogen and oxygen atoms in total. The van der Waals surface area contributed by atoms with E-state index in [4.69, 9.17) is 0 Å². The quantitative estimate of drug-likeness (QED) is 0.553. The lowest BCUT2D eigenvalue weighted by molar-refractivity contribution is -0.117. The Kier molecular flexibility index (Phi) is 2.04. The van der Waals surface area contributed by atoms with Gasteiger partial charge in [-0.1, -0.05) is 0 Å². The number of rotatable bonds is 2. The molecule has 1 aliphatic rings. The average Bonchev–Trinajstić information content (AvgIpc) is 2.15. The molecule has 0 aromatic heterocycles. The fourth-order valence-corrected chi connectivity index (χ4v) is 1.06. The average molecular weight is 140 g/mol. The number of aliphatic imine (C=N–C) groups is 1. The van der Waals surface area contributed by atoms with Gasteiger partial charge in [0.15, 0.2) is 0 Å². The maximum Gasteiger partial charge on any atom is 0.149 e. The summed E-state index contributed by atoms with van der Waals surface area (Å²) >= 11 is 0. The number of amidine groups is 1. The molecule has 10 heavy (non-hydrogen) atoms. The summed E-state index contributed by atoms with van der Waals surface area (Å²) in [5.74, 6) is 1.20. The zero-order chi connectivity index (χ0) is 7.56. The Labute approximate surface area is 60.7 Å². The Morgan fingerprint density at radius 2 is 2.50 bits per heavy atom. The smallest absolute Gasteiger partial charge is 0.149 e. The van der Waals surface area contributed by atoms with Gasteiger partial charge >= 0.3 is 0 Å². The van der Waals surface area contributed by atoms with E-state index in [1.54, 1.807) is 6.92 Å². The highest BCUT2D eigenvalue weighted by molar-refractivity contribution is 5.87. The molecule has 3 heteroatoms. The summed E-state index contributed by atoms with van der Waals surface area (Å²) < 4.78 is 0. The minimum Gasteiger partial charge on any atom is -0.351 e. The molecule has 0 atom stereocenters. The highest BCUT2D eigenvalue weighted by Crippen LogP contribution is 1.99. The van der Waals surface area contributed by atoms with Gasteiger partial charge in [0.25, 0.3) is 0 Å². The first kappa shape index (κ1) is 7.25. The second-order valence-electron chi connectivity index (χ2n) is 2.55. The molecule has 56 valence electrons. The van der Waals surface area contributed by atoms with E-state index in [1.165, 1.54) is 0 Å². The molecule has 0 fully saturated rings. The first-order chi connectivity index (χ1) is 4.70. The van der Waals surface area contributed by atoms with Gasteiger partial charge < -0.3 is 4.90 Å². The number of hydrogen-bond donors (Lipinski definition) is 0. The van der Waals surface area contributed by atoms with Crippen molar-refractivity contribution in [2.45, 2.75) is 13.8 Å². The SMILES string of the molecule is CC(=O)CN1CCN=C1C. The summed E-state index contributed by atoms with van der Waals surface area (Å²) in [5, 5.41) is 0. The molecule has 0 saturated carbocycles. The molecule has 0 spiro atoms. The minimum absolute atomic E-state index is 0.205. The van der Waals surface area contributed by atoms with Crippen LogP contribution in [0.1, 0.15) is 13.8 Å². The molecule has 0 aromatic carbocycles. The van der Waals surface area contributed by atoms with Crippen LogP contribution in [0.4, 0.5) is 0 Å². The number of ketones is 1. The monoisotopic (exact) mass is 140 g/mol. The van der Waals surface area contributed by atoms with Crippen LogP contribution in [0, 0.1) is 0 Å². The van der Waals surface area contributed by atoms with Crippen LogP contribution < -0.4 is 0 Å². The molecule has 0 bridgehead atoms. The molecule has 0 radical (unpaired) electrons. The molecule has 0 amide bonds. The third kappa shape index (κ3) is 1.56. The first-order valence-electron chi connectivity index (χ1n) is 3.45. The Hall–Kier alpha value is -0.860. The van der Waals surface area contributed by atoms with Crippen molar-refractivity contribution in [3.63, 3.8) is 0 Å². The van der Waals surface area contributed by atoms with Crippen molar-refractivity contribution in [2.24, 2.45) is 4.99 Å². The van der Waals surface area contributed by atoms with Crippen molar-refractivity contribution in [1.82, 2.24) is 4.90 Å². The van der Waals surface area contributed by atoms with Crippen LogP contribution in [0.2, 0.25) is 0 Å². The van der Waals surface area contributed by atoms with Crippen LogP contribution in [0.5, 0.6) is 0 Å². The standard InChI is InChI=1S/C7H12N2O/c1-6(10)5-9-4-3-8-7(9)2/h3-5H2,1-2H3. The molecule has 1 aliphatic heterocycles. The third-order valence-electron chi connectivity index (χ3n) is 1.58. The zero-order valence-electron chi connectivity index (χ0n) is 6.42. The van der Waals surface area contributed by atoms with Crippen molar-refractivity contribution in [3.8, 4) is 0 Å². The number of carbonyl (C=O) groups is 1. The lowest BCUT2D eigenvalue weighted by atomic mass is 10.4. The fourth-order valence-electron chi connectivity index (χ4n) is 1.06. The topological polar surface area (TPSA) is 32.7 Å². The number of hydrogen-bond acceptors (Lipinski definition) is 3. The van der Waals surface area contributed by atoms with Crippen LogP contribution in [0.15, 0.2) is 4.99 Å². The van der Waals surface area contributed by atoms with E-state index in [1.807, 2.05) is 11.8 Å². The second-order valence-corrected chi connectivity index (χ2v) is 2.55. The van der Waals surface area contributed by atoms with Gasteiger partial charge in [0, 0.05) is 6.54 Å². The predicted octanol–water partition coefficient (Wildman–Crippen LogP) is 0.309. The Bertz CT molecular complexity index is 174. The Morgan fingerprint density at radius 1 is 1.80 bits per heavy atom. The van der Waals surface area contributed by atoms with Gasteiger partial charge in [-0.25, -0.2) is 0 Å². The van der Waals surface area contributed by atoms with E-state index in [2.05, 4.69) is 4.99 Å². The highest BCUT2D eigenvalue weighted by atomic mass is 16.1. The van der Waals surface area contributed by atoms with Crippen LogP contribution in [-0.4, -0.2) is 36.2 Å². The number of nitrogens with zero attached hydrogens (tertiary/aromatic N) is 2. The summed E-state index contributed by atoms with van der Waals surface area (Å²) in [6.07, 6.45) is 0. The maximum atomic E-state index is 10.6. The van der Waals surface area contributed by atoms with E-state index in [0.29, 0.717) is 6.54 Å². The zero-order valence-corrected chi connectivity index (χ0v) is 6.42. The van der Waals surface area contributed by atoms with Gasteiger partial charge in [0.2, 0.25) is 0 Å². The molecule has 0 unspecified atom stereocenters. The van der Waals surface area contributed by atoms with Crippen LogP contribution in [-0.2, 0) is 4.79 Å². The van der Waals surface area contributed by atoms with Gasteiger partial charge in [0.1, 0.15) is 5.78 Å². The van der Waals surface area contributed by atoms with Crippen LogP contribution >= 0.6 is 0 Å². The Balaban J connectivity index is 2.43. The van der Waals surface area contributed by atoms with Gasteiger partial charge in [0.05, 0.1) is 18.9 Å². The molecular weight excluding hydrogens is 128 g/mol. The van der Waals surface area contributed by atoms with Crippen molar-refractivity contribution >= 4 is 11.6 Å². The fraction of sp³-hybridized carbons (Fsp3) is 0.714. The largest absolute Gasteiger partial charge is 0.351 e.